The Morgan fingerprint density at radius 3 is 2.69 bits per heavy atom. The number of ether oxygens (including phenoxy) is 4. The largest absolute Gasteiger partial charge is 0.493 e. The van der Waals surface area contributed by atoms with Crippen molar-refractivity contribution in [2.75, 3.05) is 34.0 Å². The first kappa shape index (κ1) is 20.9. The van der Waals surface area contributed by atoms with Gasteiger partial charge in [-0.25, -0.2) is 0 Å². The molecule has 0 fully saturated rings. The van der Waals surface area contributed by atoms with E-state index in [1.807, 2.05) is 31.2 Å². The van der Waals surface area contributed by atoms with Crippen molar-refractivity contribution in [1.82, 2.24) is 5.32 Å². The van der Waals surface area contributed by atoms with E-state index in [1.54, 1.807) is 26.4 Å². The SMILES string of the molecule is C/C=C/c1cc(C(=O)NCCc2cc(Cl)c3c(c2)OCCO3)cc(OC)c1OC. The first-order valence-electron chi connectivity index (χ1n) is 9.32. The van der Waals surface area contributed by atoms with Crippen LogP contribution in [0.3, 0.4) is 0 Å². The van der Waals surface area contributed by atoms with Gasteiger partial charge in [0.2, 0.25) is 0 Å². The second-order valence-corrected chi connectivity index (χ2v) is 6.82. The van der Waals surface area contributed by atoms with Crippen LogP contribution in [0.1, 0.15) is 28.4 Å². The Bertz CT molecular complexity index is 926. The maximum absolute atomic E-state index is 12.7. The van der Waals surface area contributed by atoms with Gasteiger partial charge in [0.1, 0.15) is 13.2 Å². The molecule has 0 unspecified atom stereocenters. The summed E-state index contributed by atoms with van der Waals surface area (Å²) in [4.78, 5) is 12.7. The second kappa shape index (κ2) is 9.56. The van der Waals surface area contributed by atoms with Crippen LogP contribution in [0, 0.1) is 0 Å². The van der Waals surface area contributed by atoms with Crippen molar-refractivity contribution in [2.24, 2.45) is 0 Å². The van der Waals surface area contributed by atoms with Gasteiger partial charge in [0, 0.05) is 17.7 Å². The van der Waals surface area contributed by atoms with Crippen molar-refractivity contribution < 1.29 is 23.7 Å². The van der Waals surface area contributed by atoms with Gasteiger partial charge < -0.3 is 24.3 Å². The Labute approximate surface area is 175 Å². The molecular weight excluding hydrogens is 394 g/mol. The fourth-order valence-corrected chi connectivity index (χ4v) is 3.45. The highest BCUT2D eigenvalue weighted by atomic mass is 35.5. The lowest BCUT2D eigenvalue weighted by molar-refractivity contribution is 0.0953. The Hall–Kier alpha value is -2.86. The summed E-state index contributed by atoms with van der Waals surface area (Å²) >= 11 is 6.27. The summed E-state index contributed by atoms with van der Waals surface area (Å²) in [5, 5.41) is 3.44. The molecule has 0 saturated carbocycles. The molecule has 0 spiro atoms. The highest BCUT2D eigenvalue weighted by molar-refractivity contribution is 6.32. The van der Waals surface area contributed by atoms with E-state index in [1.165, 1.54) is 0 Å². The molecule has 2 aromatic rings. The van der Waals surface area contributed by atoms with Crippen LogP contribution in [-0.2, 0) is 6.42 Å². The van der Waals surface area contributed by atoms with Gasteiger partial charge in [-0.1, -0.05) is 23.8 Å². The minimum Gasteiger partial charge on any atom is -0.493 e. The standard InChI is InChI=1S/C22H24ClNO5/c1-4-5-15-12-16(13-18(26-2)20(15)27-3)22(25)24-7-6-14-10-17(23)21-19(11-14)28-8-9-29-21/h4-5,10-13H,6-9H2,1-3H3,(H,24,25)/b5-4+. The highest BCUT2D eigenvalue weighted by Gasteiger charge is 2.17. The number of hydrogen-bond acceptors (Lipinski definition) is 5. The lowest BCUT2D eigenvalue weighted by atomic mass is 10.1. The summed E-state index contributed by atoms with van der Waals surface area (Å²) in [5.41, 5.74) is 2.23. The van der Waals surface area contributed by atoms with Crippen LogP contribution in [0.25, 0.3) is 6.08 Å². The zero-order chi connectivity index (χ0) is 20.8. The van der Waals surface area contributed by atoms with E-state index in [-0.39, 0.29) is 5.91 Å². The zero-order valence-corrected chi connectivity index (χ0v) is 17.5. The van der Waals surface area contributed by atoms with Crippen molar-refractivity contribution in [3.8, 4) is 23.0 Å². The minimum atomic E-state index is -0.194. The molecule has 0 radical (unpaired) electrons. The van der Waals surface area contributed by atoms with Crippen molar-refractivity contribution in [1.29, 1.82) is 0 Å². The predicted octanol–water partition coefficient (Wildman–Crippen LogP) is 4.13. The molecule has 0 bridgehead atoms. The maximum atomic E-state index is 12.7. The van der Waals surface area contributed by atoms with Gasteiger partial charge >= 0.3 is 0 Å². The van der Waals surface area contributed by atoms with Crippen LogP contribution < -0.4 is 24.3 Å². The highest BCUT2D eigenvalue weighted by Crippen LogP contribution is 2.38. The molecule has 1 aliphatic heterocycles. The van der Waals surface area contributed by atoms with Crippen LogP contribution in [0.15, 0.2) is 30.3 Å². The summed E-state index contributed by atoms with van der Waals surface area (Å²) in [6, 6.07) is 7.18. The van der Waals surface area contributed by atoms with Crippen molar-refractivity contribution in [3.63, 3.8) is 0 Å². The number of allylic oxidation sites excluding steroid dienone is 1. The molecule has 0 saturated heterocycles. The number of halogens is 1. The van der Waals surface area contributed by atoms with E-state index in [9.17, 15) is 4.79 Å². The van der Waals surface area contributed by atoms with Crippen LogP contribution >= 0.6 is 11.6 Å². The molecule has 3 rings (SSSR count). The van der Waals surface area contributed by atoms with Crippen molar-refractivity contribution >= 4 is 23.6 Å². The van der Waals surface area contributed by atoms with Gasteiger partial charge in [-0.05, 0) is 43.2 Å². The summed E-state index contributed by atoms with van der Waals surface area (Å²) in [5.74, 6) is 2.12. The third kappa shape index (κ3) is 4.77. The summed E-state index contributed by atoms with van der Waals surface area (Å²) < 4.78 is 21.9. The van der Waals surface area contributed by atoms with E-state index < -0.39 is 0 Å². The van der Waals surface area contributed by atoms with Gasteiger partial charge in [0.25, 0.3) is 5.91 Å². The second-order valence-electron chi connectivity index (χ2n) is 6.41. The van der Waals surface area contributed by atoms with Crippen LogP contribution in [-0.4, -0.2) is 39.9 Å². The van der Waals surface area contributed by atoms with Gasteiger partial charge in [-0.15, -0.1) is 0 Å². The molecule has 29 heavy (non-hydrogen) atoms. The van der Waals surface area contributed by atoms with E-state index in [2.05, 4.69) is 5.32 Å². The molecule has 154 valence electrons. The third-order valence-corrected chi connectivity index (χ3v) is 4.75. The molecule has 1 N–H and O–H groups in total. The molecule has 7 heteroatoms. The molecule has 0 atom stereocenters. The number of rotatable bonds is 7. The molecule has 2 aromatic carbocycles. The number of fused-ring (bicyclic) bond motifs is 1. The fourth-order valence-electron chi connectivity index (χ4n) is 3.16. The number of hydrogen-bond donors (Lipinski definition) is 1. The normalized spacial score (nSPS) is 12.7. The third-order valence-electron chi connectivity index (χ3n) is 4.47. The first-order valence-corrected chi connectivity index (χ1v) is 9.70. The number of carbonyl (C=O) groups is 1. The summed E-state index contributed by atoms with van der Waals surface area (Å²) in [6.07, 6.45) is 4.36. The van der Waals surface area contributed by atoms with Crippen molar-refractivity contribution in [3.05, 3.63) is 52.1 Å². The molecule has 0 aromatic heterocycles. The Morgan fingerprint density at radius 2 is 1.97 bits per heavy atom. The van der Waals surface area contributed by atoms with E-state index in [0.29, 0.717) is 59.8 Å². The number of methoxy groups -OCH3 is 2. The molecule has 1 amide bonds. The predicted molar refractivity (Wildman–Crippen MR) is 113 cm³/mol. The smallest absolute Gasteiger partial charge is 0.251 e. The first-order chi connectivity index (χ1) is 14.1. The Balaban J connectivity index is 1.70. The van der Waals surface area contributed by atoms with Gasteiger partial charge in [0.15, 0.2) is 23.0 Å². The average molecular weight is 418 g/mol. The van der Waals surface area contributed by atoms with Gasteiger partial charge in [-0.3, -0.25) is 4.79 Å². The van der Waals surface area contributed by atoms with E-state index >= 15 is 0 Å². The topological polar surface area (TPSA) is 66.0 Å². The lowest BCUT2D eigenvalue weighted by Gasteiger charge is -2.20. The number of nitrogens with one attached hydrogen (secondary N) is 1. The van der Waals surface area contributed by atoms with E-state index in [4.69, 9.17) is 30.5 Å². The molecule has 0 aliphatic carbocycles. The van der Waals surface area contributed by atoms with Gasteiger partial charge in [-0.2, -0.15) is 0 Å². The number of benzene rings is 2. The average Bonchev–Trinajstić information content (AvgIpc) is 2.73. The molecular formula is C22H24ClNO5. The maximum Gasteiger partial charge on any atom is 0.251 e. The quantitative estimate of drug-likeness (QED) is 0.733. The van der Waals surface area contributed by atoms with Crippen LogP contribution in [0.4, 0.5) is 0 Å². The Morgan fingerprint density at radius 1 is 1.17 bits per heavy atom. The number of amides is 1. The number of carbonyl (C=O) groups excluding carboxylic acids is 1. The minimum absolute atomic E-state index is 0.194. The van der Waals surface area contributed by atoms with Crippen LogP contribution in [0.2, 0.25) is 5.02 Å². The fraction of sp³-hybridized carbons (Fsp3) is 0.318. The monoisotopic (exact) mass is 417 g/mol. The Kier molecular flexibility index (Phi) is 6.88. The molecule has 1 aliphatic rings. The van der Waals surface area contributed by atoms with Crippen molar-refractivity contribution in [2.45, 2.75) is 13.3 Å². The summed E-state index contributed by atoms with van der Waals surface area (Å²) in [6.45, 7) is 3.33. The molecule has 6 nitrogen and oxygen atoms in total. The van der Waals surface area contributed by atoms with Gasteiger partial charge in [0.05, 0.1) is 19.2 Å². The van der Waals surface area contributed by atoms with Crippen LogP contribution in [0.5, 0.6) is 23.0 Å². The van der Waals surface area contributed by atoms with E-state index in [0.717, 1.165) is 11.1 Å². The summed E-state index contributed by atoms with van der Waals surface area (Å²) in [7, 11) is 3.12. The lowest BCUT2D eigenvalue weighted by Crippen LogP contribution is -2.26. The zero-order valence-electron chi connectivity index (χ0n) is 16.7. The molecule has 1 heterocycles.